The van der Waals surface area contributed by atoms with Gasteiger partial charge in [-0.05, 0) is 58.5 Å². The molecule has 0 saturated heterocycles. The molecule has 1 rings (SSSR count). The molecule has 0 heterocycles. The summed E-state index contributed by atoms with van der Waals surface area (Å²) >= 11 is 0. The first-order chi connectivity index (χ1) is 32.1. The summed E-state index contributed by atoms with van der Waals surface area (Å²) in [6.07, 6.45) is 29.5. The highest BCUT2D eigenvalue weighted by Gasteiger charge is 2.34. The number of benzene rings is 1. The highest BCUT2D eigenvalue weighted by molar-refractivity contribution is 5.76. The van der Waals surface area contributed by atoms with E-state index in [0.29, 0.717) is 37.2 Å². The average Bonchev–Trinajstić information content (AvgIpc) is 3.30. The average molecular weight is 931 g/mol. The van der Waals surface area contributed by atoms with Crippen molar-refractivity contribution < 1.29 is 42.9 Å². The van der Waals surface area contributed by atoms with Crippen molar-refractivity contribution in [3.05, 3.63) is 23.8 Å². The molecule has 382 valence electrons. The first-order valence-electron chi connectivity index (χ1n) is 26.8. The number of hydrogen-bond donors (Lipinski definition) is 0. The van der Waals surface area contributed by atoms with Gasteiger partial charge in [0.25, 0.3) is 0 Å². The van der Waals surface area contributed by atoms with Gasteiger partial charge < -0.3 is 33.5 Å². The van der Waals surface area contributed by atoms with Crippen molar-refractivity contribution in [1.29, 1.82) is 0 Å². The van der Waals surface area contributed by atoms with Gasteiger partial charge in [-0.15, -0.1) is 0 Å². The van der Waals surface area contributed by atoms with E-state index in [1.165, 1.54) is 96.3 Å². The molecule has 1 amide bonds. The van der Waals surface area contributed by atoms with Gasteiger partial charge in [-0.25, -0.2) is 0 Å². The van der Waals surface area contributed by atoms with E-state index in [1.807, 2.05) is 31.1 Å². The Morgan fingerprint density at radius 2 is 0.924 bits per heavy atom. The fourth-order valence-electron chi connectivity index (χ4n) is 8.26. The molecule has 0 bridgehead atoms. The summed E-state index contributed by atoms with van der Waals surface area (Å²) in [4.78, 5) is 58.6. The van der Waals surface area contributed by atoms with Crippen LogP contribution in [0.3, 0.4) is 0 Å². The zero-order valence-corrected chi connectivity index (χ0v) is 43.4. The van der Waals surface area contributed by atoms with Gasteiger partial charge in [0.15, 0.2) is 12.2 Å². The number of hydrogen-bond acceptors (Lipinski definition) is 10. The van der Waals surface area contributed by atoms with Crippen LogP contribution in [0.5, 0.6) is 11.5 Å². The number of amides is 1. The Kier molecular flexibility index (Phi) is 38.4. The number of rotatable bonds is 45. The van der Waals surface area contributed by atoms with Crippen LogP contribution >= 0.6 is 0 Å². The molecule has 11 nitrogen and oxygen atoms in total. The molecule has 1 aromatic rings. The molecule has 0 aliphatic rings. The number of carbonyl (C=O) groups is 4. The highest BCUT2D eigenvalue weighted by atomic mass is 16.6. The maximum Gasteiger partial charge on any atom is 0.306 e. The Morgan fingerprint density at radius 3 is 1.35 bits per heavy atom. The maximum absolute atomic E-state index is 14.2. The lowest BCUT2D eigenvalue weighted by Crippen LogP contribution is -2.48. The molecule has 0 fully saturated rings. The van der Waals surface area contributed by atoms with Crippen molar-refractivity contribution in [2.45, 2.75) is 245 Å². The van der Waals surface area contributed by atoms with Crippen LogP contribution in [0, 0.1) is 0 Å². The smallest absolute Gasteiger partial charge is 0.306 e. The number of methoxy groups -OCH3 is 2. The third kappa shape index (κ3) is 32.4. The lowest BCUT2D eigenvalue weighted by atomic mass is 10.1. The minimum Gasteiger partial charge on any atom is -0.497 e. The Morgan fingerprint density at radius 1 is 0.500 bits per heavy atom. The first kappa shape index (κ1) is 60.7. The van der Waals surface area contributed by atoms with E-state index >= 15 is 0 Å². The summed E-state index contributed by atoms with van der Waals surface area (Å²) in [6.45, 7) is 7.20. The van der Waals surface area contributed by atoms with Crippen LogP contribution in [0.2, 0.25) is 0 Å². The molecule has 0 spiro atoms. The van der Waals surface area contributed by atoms with E-state index in [4.69, 9.17) is 23.7 Å². The molecule has 2 atom stereocenters. The molecule has 0 aromatic heterocycles. The van der Waals surface area contributed by atoms with Crippen LogP contribution in [-0.4, -0.2) is 93.8 Å². The number of nitrogens with zero attached hydrogens (tertiary/aromatic N) is 2. The molecule has 0 aliphatic carbocycles. The van der Waals surface area contributed by atoms with E-state index in [0.717, 1.165) is 69.9 Å². The van der Waals surface area contributed by atoms with Crippen molar-refractivity contribution in [3.8, 4) is 11.5 Å². The summed E-state index contributed by atoms with van der Waals surface area (Å²) < 4.78 is 29.5. The van der Waals surface area contributed by atoms with Crippen LogP contribution in [0.1, 0.15) is 232 Å². The molecule has 0 aliphatic heterocycles. The molecule has 1 aromatic carbocycles. The minimum atomic E-state index is -1.11. The van der Waals surface area contributed by atoms with Gasteiger partial charge in [-0.2, -0.15) is 0 Å². The molecule has 11 heteroatoms. The Balaban J connectivity index is 3.35. The lowest BCUT2D eigenvalue weighted by Gasteiger charge is -2.32. The monoisotopic (exact) mass is 931 g/mol. The van der Waals surface area contributed by atoms with Crippen LogP contribution < -0.4 is 9.47 Å². The number of carbonyl (C=O) groups excluding carboxylic acids is 4. The summed E-state index contributed by atoms with van der Waals surface area (Å²) in [5.41, 5.74) is 0.741. The van der Waals surface area contributed by atoms with Crippen molar-refractivity contribution in [3.63, 3.8) is 0 Å². The Bertz CT molecular complexity index is 1370. The molecule has 0 radical (unpaired) electrons. The van der Waals surface area contributed by atoms with Crippen LogP contribution in [-0.2, 0) is 39.9 Å². The van der Waals surface area contributed by atoms with E-state index < -0.39 is 24.1 Å². The minimum absolute atomic E-state index is 0.0642. The topological polar surface area (TPSA) is 121 Å². The van der Waals surface area contributed by atoms with Gasteiger partial charge in [0.2, 0.25) is 5.91 Å². The Labute approximate surface area is 403 Å². The van der Waals surface area contributed by atoms with Gasteiger partial charge in [0, 0.05) is 43.9 Å². The quantitative estimate of drug-likeness (QED) is 0.0355. The summed E-state index contributed by atoms with van der Waals surface area (Å²) in [6, 6.07) is 5.45. The van der Waals surface area contributed by atoms with Crippen LogP contribution in [0.15, 0.2) is 18.2 Å². The molecule has 0 N–H and O–H groups in total. The van der Waals surface area contributed by atoms with Crippen molar-refractivity contribution in [1.82, 2.24) is 9.80 Å². The predicted octanol–water partition coefficient (Wildman–Crippen LogP) is 13.5. The van der Waals surface area contributed by atoms with Crippen LogP contribution in [0.25, 0.3) is 0 Å². The summed E-state index contributed by atoms with van der Waals surface area (Å²) in [5.74, 6) is -0.210. The molecule has 2 unspecified atom stereocenters. The largest absolute Gasteiger partial charge is 0.497 e. The SMILES string of the molecule is CCCCCCCCCCCC(=O)OCC(OC(=O)CCCCCCCCCCC)C(CN(Cc1ccc(OC)cc1OC)C(=O)CCCN(C)C)OC(=O)CCCCCCCCCCC. The van der Waals surface area contributed by atoms with Gasteiger partial charge in [-0.1, -0.05) is 175 Å². The zero-order valence-electron chi connectivity index (χ0n) is 43.4. The van der Waals surface area contributed by atoms with Gasteiger partial charge in [0.05, 0.1) is 20.8 Å². The summed E-state index contributed by atoms with van der Waals surface area (Å²) in [7, 11) is 7.10. The molecule has 66 heavy (non-hydrogen) atoms. The third-order valence-electron chi connectivity index (χ3n) is 12.4. The zero-order chi connectivity index (χ0) is 48.5. The van der Waals surface area contributed by atoms with Crippen molar-refractivity contribution in [2.24, 2.45) is 0 Å². The molecular weight excluding hydrogens is 833 g/mol. The third-order valence-corrected chi connectivity index (χ3v) is 12.4. The molecular formula is C55H98N2O9. The van der Waals surface area contributed by atoms with E-state index in [1.54, 1.807) is 25.2 Å². The van der Waals surface area contributed by atoms with Crippen molar-refractivity contribution in [2.75, 3.05) is 48.0 Å². The fourth-order valence-corrected chi connectivity index (χ4v) is 8.26. The van der Waals surface area contributed by atoms with Crippen LogP contribution in [0.4, 0.5) is 0 Å². The number of ether oxygens (including phenoxy) is 5. The normalized spacial score (nSPS) is 12.2. The van der Waals surface area contributed by atoms with Gasteiger partial charge in [0.1, 0.15) is 18.1 Å². The predicted molar refractivity (Wildman–Crippen MR) is 269 cm³/mol. The number of unbranched alkanes of at least 4 members (excludes halogenated alkanes) is 24. The highest BCUT2D eigenvalue weighted by Crippen LogP contribution is 2.27. The fraction of sp³-hybridized carbons (Fsp3) is 0.818. The second kappa shape index (κ2) is 41.8. The van der Waals surface area contributed by atoms with E-state index in [2.05, 4.69) is 20.8 Å². The van der Waals surface area contributed by atoms with E-state index in [9.17, 15) is 19.2 Å². The Hall–Kier alpha value is -3.34. The van der Waals surface area contributed by atoms with E-state index in [-0.39, 0.29) is 57.3 Å². The van der Waals surface area contributed by atoms with Crippen molar-refractivity contribution >= 4 is 23.8 Å². The number of esters is 3. The first-order valence-corrected chi connectivity index (χ1v) is 26.8. The second-order valence-electron chi connectivity index (χ2n) is 18.8. The standard InChI is InChI=1S/C55H98N2O9/c1-8-11-14-17-20-23-26-29-32-37-53(59)64-46-51(66-55(61)39-34-31-28-25-22-19-16-13-10-3)50(65-54(60)38-33-30-27-24-21-18-15-12-9-2)45-57(52(58)36-35-42-56(4)5)44-47-40-41-48(62-6)43-49(47)63-7/h40-41,43,50-51H,8-39,42,44-46H2,1-7H3. The maximum atomic E-state index is 14.2. The molecule has 0 saturated carbocycles. The summed E-state index contributed by atoms with van der Waals surface area (Å²) in [5, 5.41) is 0. The van der Waals surface area contributed by atoms with Gasteiger partial charge in [-0.3, -0.25) is 19.2 Å². The lowest BCUT2D eigenvalue weighted by molar-refractivity contribution is -0.178. The van der Waals surface area contributed by atoms with Gasteiger partial charge >= 0.3 is 17.9 Å². The second-order valence-corrected chi connectivity index (χ2v) is 18.8.